The van der Waals surface area contributed by atoms with Gasteiger partial charge < -0.3 is 15.0 Å². The first-order valence-electron chi connectivity index (χ1n) is 8.38. The fourth-order valence-electron chi connectivity index (χ4n) is 3.11. The Morgan fingerprint density at radius 3 is 2.48 bits per heavy atom. The highest BCUT2D eigenvalue weighted by Crippen LogP contribution is 2.29. The van der Waals surface area contributed by atoms with Crippen LogP contribution in [0.3, 0.4) is 0 Å². The molecule has 2 amide bonds. The summed E-state index contributed by atoms with van der Waals surface area (Å²) in [5.74, 6) is 0.296. The van der Waals surface area contributed by atoms with Gasteiger partial charge in [0.1, 0.15) is 5.75 Å². The molecule has 25 heavy (non-hydrogen) atoms. The Hall–Kier alpha value is -2.82. The largest absolute Gasteiger partial charge is 0.497 e. The second-order valence-electron chi connectivity index (χ2n) is 6.25. The smallest absolute Gasteiger partial charge is 0.229 e. The minimum Gasteiger partial charge on any atom is -0.497 e. The zero-order valence-corrected chi connectivity index (χ0v) is 14.4. The molecule has 1 N–H and O–H groups in total. The Labute approximate surface area is 147 Å². The molecule has 1 saturated heterocycles. The third kappa shape index (κ3) is 3.82. The molecule has 0 radical (unpaired) electrons. The first kappa shape index (κ1) is 17.0. The molecule has 3 rings (SSSR count). The van der Waals surface area contributed by atoms with E-state index in [0.29, 0.717) is 12.2 Å². The van der Waals surface area contributed by atoms with E-state index in [0.717, 1.165) is 11.3 Å². The molecule has 130 valence electrons. The van der Waals surface area contributed by atoms with Crippen LogP contribution in [-0.2, 0) is 9.59 Å². The summed E-state index contributed by atoms with van der Waals surface area (Å²) in [4.78, 5) is 26.7. The number of ether oxygens (including phenoxy) is 1. The fourth-order valence-corrected chi connectivity index (χ4v) is 3.11. The van der Waals surface area contributed by atoms with Gasteiger partial charge >= 0.3 is 0 Å². The lowest BCUT2D eigenvalue weighted by atomic mass is 10.1. The number of amides is 2. The molecule has 0 unspecified atom stereocenters. The van der Waals surface area contributed by atoms with Crippen LogP contribution in [-0.4, -0.2) is 30.4 Å². The molecule has 0 aromatic heterocycles. The topological polar surface area (TPSA) is 58.6 Å². The first-order chi connectivity index (χ1) is 12.1. The summed E-state index contributed by atoms with van der Waals surface area (Å²) in [5.41, 5.74) is 1.78. The Kier molecular flexibility index (Phi) is 5.03. The molecule has 0 saturated carbocycles. The van der Waals surface area contributed by atoms with Crippen LogP contribution < -0.4 is 10.1 Å². The van der Waals surface area contributed by atoms with Crippen molar-refractivity contribution in [1.29, 1.82) is 0 Å². The van der Waals surface area contributed by atoms with Gasteiger partial charge in [0, 0.05) is 18.7 Å². The average Bonchev–Trinajstić information content (AvgIpc) is 3.04. The molecule has 1 fully saturated rings. The zero-order chi connectivity index (χ0) is 17.8. The molecule has 0 bridgehead atoms. The fraction of sp³-hybridized carbons (Fsp3) is 0.300. The number of carbonyl (C=O) groups excluding carboxylic acids is 2. The second-order valence-corrected chi connectivity index (χ2v) is 6.25. The number of nitrogens with one attached hydrogen (secondary N) is 1. The molecular weight excluding hydrogens is 316 g/mol. The number of likely N-dealkylation sites (tertiary alicyclic amines) is 1. The monoisotopic (exact) mass is 338 g/mol. The summed E-state index contributed by atoms with van der Waals surface area (Å²) in [7, 11) is 1.60. The summed E-state index contributed by atoms with van der Waals surface area (Å²) in [6.45, 7) is 2.44. The maximum Gasteiger partial charge on any atom is 0.229 e. The van der Waals surface area contributed by atoms with Crippen LogP contribution in [0, 0.1) is 5.92 Å². The van der Waals surface area contributed by atoms with Crippen molar-refractivity contribution < 1.29 is 14.3 Å². The van der Waals surface area contributed by atoms with Crippen molar-refractivity contribution in [1.82, 2.24) is 4.90 Å². The quantitative estimate of drug-likeness (QED) is 0.910. The molecule has 0 spiro atoms. The van der Waals surface area contributed by atoms with Crippen molar-refractivity contribution in [3.05, 3.63) is 60.2 Å². The van der Waals surface area contributed by atoms with Gasteiger partial charge in [0.2, 0.25) is 11.8 Å². The molecule has 2 aromatic rings. The molecule has 5 heteroatoms. The molecular formula is C20H22N2O3. The van der Waals surface area contributed by atoms with Crippen molar-refractivity contribution in [2.75, 3.05) is 19.0 Å². The highest BCUT2D eigenvalue weighted by Gasteiger charge is 2.36. The van der Waals surface area contributed by atoms with Gasteiger partial charge in [-0.25, -0.2) is 0 Å². The van der Waals surface area contributed by atoms with Crippen molar-refractivity contribution in [2.24, 2.45) is 5.92 Å². The molecule has 1 aliphatic rings. The van der Waals surface area contributed by atoms with Crippen LogP contribution in [0.5, 0.6) is 5.75 Å². The van der Waals surface area contributed by atoms with E-state index in [1.807, 2.05) is 37.3 Å². The number of hydrogen-bond donors (Lipinski definition) is 1. The van der Waals surface area contributed by atoms with E-state index in [1.54, 1.807) is 36.3 Å². The van der Waals surface area contributed by atoms with Crippen molar-refractivity contribution in [2.45, 2.75) is 19.4 Å². The predicted molar refractivity (Wildman–Crippen MR) is 96.3 cm³/mol. The minimum absolute atomic E-state index is 0.0197. The highest BCUT2D eigenvalue weighted by molar-refractivity contribution is 5.97. The molecule has 2 atom stereocenters. The Balaban J connectivity index is 1.64. The first-order valence-corrected chi connectivity index (χ1v) is 8.38. The van der Waals surface area contributed by atoms with Crippen LogP contribution >= 0.6 is 0 Å². The summed E-state index contributed by atoms with van der Waals surface area (Å²) in [5, 5.41) is 2.88. The van der Waals surface area contributed by atoms with Crippen molar-refractivity contribution in [3.63, 3.8) is 0 Å². The number of carbonyl (C=O) groups is 2. The van der Waals surface area contributed by atoms with E-state index in [2.05, 4.69) is 5.32 Å². The van der Waals surface area contributed by atoms with E-state index in [-0.39, 0.29) is 30.2 Å². The lowest BCUT2D eigenvalue weighted by molar-refractivity contribution is -0.129. The summed E-state index contributed by atoms with van der Waals surface area (Å²) < 4.78 is 5.11. The maximum atomic E-state index is 12.5. The average molecular weight is 338 g/mol. The Bertz CT molecular complexity index is 743. The Morgan fingerprint density at radius 2 is 1.84 bits per heavy atom. The van der Waals surface area contributed by atoms with Crippen LogP contribution in [0.1, 0.15) is 24.9 Å². The van der Waals surface area contributed by atoms with Crippen molar-refractivity contribution in [3.8, 4) is 5.75 Å². The van der Waals surface area contributed by atoms with Gasteiger partial charge in [0.25, 0.3) is 0 Å². The van der Waals surface area contributed by atoms with Gasteiger partial charge in [-0.2, -0.15) is 0 Å². The lowest BCUT2D eigenvalue weighted by Crippen LogP contribution is -2.30. The zero-order valence-electron chi connectivity index (χ0n) is 14.4. The van der Waals surface area contributed by atoms with Gasteiger partial charge in [-0.05, 0) is 36.8 Å². The number of nitrogens with zero attached hydrogens (tertiary/aromatic N) is 1. The molecule has 5 nitrogen and oxygen atoms in total. The molecule has 2 aromatic carbocycles. The highest BCUT2D eigenvalue weighted by atomic mass is 16.5. The van der Waals surface area contributed by atoms with Gasteiger partial charge in [0.05, 0.1) is 19.1 Å². The normalized spacial score (nSPS) is 18.1. The standard InChI is InChI=1S/C20H22N2O3/c1-14(15-6-4-3-5-7-15)22-13-16(12-19(22)23)20(24)21-17-8-10-18(25-2)11-9-17/h3-11,14,16H,12-13H2,1-2H3,(H,21,24)/t14-,16-/m1/s1. The number of rotatable bonds is 5. The van der Waals surface area contributed by atoms with E-state index < -0.39 is 0 Å². The van der Waals surface area contributed by atoms with Gasteiger partial charge in [-0.1, -0.05) is 30.3 Å². The van der Waals surface area contributed by atoms with Crippen molar-refractivity contribution >= 4 is 17.5 Å². The summed E-state index contributed by atoms with van der Waals surface area (Å²) >= 11 is 0. The number of anilines is 1. The molecule has 0 aliphatic carbocycles. The van der Waals surface area contributed by atoms with E-state index in [1.165, 1.54) is 0 Å². The second kappa shape index (κ2) is 7.38. The summed E-state index contributed by atoms with van der Waals surface area (Å²) in [6, 6.07) is 17.0. The van der Waals surface area contributed by atoms with Crippen LogP contribution in [0.15, 0.2) is 54.6 Å². The summed E-state index contributed by atoms with van der Waals surface area (Å²) in [6.07, 6.45) is 0.249. The third-order valence-electron chi connectivity index (χ3n) is 4.64. The maximum absolute atomic E-state index is 12.5. The van der Waals surface area contributed by atoms with Crippen LogP contribution in [0.2, 0.25) is 0 Å². The van der Waals surface area contributed by atoms with Crippen LogP contribution in [0.25, 0.3) is 0 Å². The third-order valence-corrected chi connectivity index (χ3v) is 4.64. The number of benzene rings is 2. The minimum atomic E-state index is -0.333. The Morgan fingerprint density at radius 1 is 1.16 bits per heavy atom. The van der Waals surface area contributed by atoms with E-state index in [9.17, 15) is 9.59 Å². The van der Waals surface area contributed by atoms with Crippen LogP contribution in [0.4, 0.5) is 5.69 Å². The predicted octanol–water partition coefficient (Wildman–Crippen LogP) is 3.24. The number of methoxy groups -OCH3 is 1. The van der Waals surface area contributed by atoms with E-state index in [4.69, 9.17) is 4.74 Å². The SMILES string of the molecule is COc1ccc(NC(=O)[C@@H]2CC(=O)N([C@H](C)c3ccccc3)C2)cc1. The van der Waals surface area contributed by atoms with Gasteiger partial charge in [-0.3, -0.25) is 9.59 Å². The molecule has 1 aliphatic heterocycles. The lowest BCUT2D eigenvalue weighted by Gasteiger charge is -2.25. The molecule has 1 heterocycles. The number of hydrogen-bond acceptors (Lipinski definition) is 3. The van der Waals surface area contributed by atoms with Gasteiger partial charge in [0.15, 0.2) is 0 Å². The van der Waals surface area contributed by atoms with Gasteiger partial charge in [-0.15, -0.1) is 0 Å². The van der Waals surface area contributed by atoms with E-state index >= 15 is 0 Å².